The van der Waals surface area contributed by atoms with Crippen molar-refractivity contribution < 1.29 is 59.9 Å². The summed E-state index contributed by atoms with van der Waals surface area (Å²) in [6.45, 7) is 29.6. The molecule has 3 saturated heterocycles. The number of amides is 2. The summed E-state index contributed by atoms with van der Waals surface area (Å²) in [6.07, 6.45) is 0. The van der Waals surface area contributed by atoms with Crippen LogP contribution in [0.25, 0.3) is 51.3 Å². The Labute approximate surface area is 702 Å². The van der Waals surface area contributed by atoms with E-state index < -0.39 is 73.2 Å². The molecule has 0 spiro atoms. The minimum absolute atomic E-state index is 0.322. The molecule has 0 atom stereocenters. The molecule has 18 nitrogen and oxygen atoms in total. The van der Waals surface area contributed by atoms with Gasteiger partial charge in [0.1, 0.15) is 40.2 Å². The number of thiophene rings is 2. The summed E-state index contributed by atoms with van der Waals surface area (Å²) in [4.78, 5) is 55.9. The second-order valence-electron chi connectivity index (χ2n) is 28.2. The number of nitrogens with two attached hydrogens (primary N) is 1. The molecule has 12 aromatic rings. The minimum atomic E-state index is -0.825. The Morgan fingerprint density at radius 2 is 0.882 bits per heavy atom. The van der Waals surface area contributed by atoms with Gasteiger partial charge in [-0.15, -0.1) is 61.6 Å². The topological polar surface area (TPSA) is 230 Å². The van der Waals surface area contributed by atoms with Crippen LogP contribution < -0.4 is 21.8 Å². The molecule has 38 heteroatoms. The first kappa shape index (κ1) is 88.6. The van der Waals surface area contributed by atoms with Gasteiger partial charge in [0, 0.05) is 29.9 Å². The number of anilines is 3. The van der Waals surface area contributed by atoms with Crippen LogP contribution in [0.15, 0.2) is 144 Å². The molecule has 3 aliphatic rings. The van der Waals surface area contributed by atoms with Gasteiger partial charge in [0.2, 0.25) is 0 Å². The van der Waals surface area contributed by atoms with Crippen molar-refractivity contribution in [1.82, 2.24) is 19.9 Å². The number of carbonyl (C=O) groups is 2. The van der Waals surface area contributed by atoms with Gasteiger partial charge in [-0.1, -0.05) is 69.9 Å². The van der Waals surface area contributed by atoms with Crippen LogP contribution in [-0.2, 0) is 32.8 Å². The average molecular weight is 1890 g/mol. The predicted octanol–water partition coefficient (Wildman–Crippen LogP) is 24.2. The van der Waals surface area contributed by atoms with Crippen molar-refractivity contribution in [3.05, 3.63) is 196 Å². The van der Waals surface area contributed by atoms with Crippen molar-refractivity contribution in [2.75, 3.05) is 16.4 Å². The Kier molecular flexibility index (Phi) is 29.2. The highest BCUT2D eigenvalue weighted by Gasteiger charge is 2.64. The molecule has 4 N–H and O–H groups in total. The molecule has 15 rings (SSSR count). The van der Waals surface area contributed by atoms with E-state index >= 15 is 0 Å². The van der Waals surface area contributed by atoms with Crippen LogP contribution in [0.3, 0.4) is 0 Å². The van der Waals surface area contributed by atoms with E-state index in [0.29, 0.717) is 35.0 Å². The third-order valence-corrected chi connectivity index (χ3v) is 26.6. The summed E-state index contributed by atoms with van der Waals surface area (Å²) in [5.41, 5.74) is 12.6. The summed E-state index contributed by atoms with van der Waals surface area (Å²) in [6, 6.07) is 28.6. The lowest BCUT2D eigenvalue weighted by Gasteiger charge is -2.32. The fourth-order valence-electron chi connectivity index (χ4n) is 9.64. The van der Waals surface area contributed by atoms with E-state index in [9.17, 15) is 32.1 Å². The van der Waals surface area contributed by atoms with Crippen molar-refractivity contribution in [1.29, 1.82) is 0 Å². The first-order valence-electron chi connectivity index (χ1n) is 33.0. The maximum atomic E-state index is 13.7. The molecular weight excluding hydrogens is 1820 g/mol. The maximum absolute atomic E-state index is 13.7. The van der Waals surface area contributed by atoms with E-state index in [1.54, 1.807) is 85.4 Å². The monoisotopic (exact) mass is 1880 g/mol. The zero-order valence-corrected chi connectivity index (χ0v) is 74.0. The van der Waals surface area contributed by atoms with Gasteiger partial charge in [0.25, 0.3) is 11.8 Å². The molecule has 0 aliphatic carbocycles. The zero-order chi connectivity index (χ0) is 81.0. The van der Waals surface area contributed by atoms with Crippen LogP contribution in [0, 0.1) is 28.2 Å². The largest absolute Gasteiger partial charge is 0.496 e. The number of rotatable bonds is 8. The van der Waals surface area contributed by atoms with Gasteiger partial charge >= 0.3 is 21.1 Å². The molecule has 0 saturated carbocycles. The fourth-order valence-corrected chi connectivity index (χ4v) is 16.6. The van der Waals surface area contributed by atoms with Gasteiger partial charge < -0.3 is 49.1 Å². The third kappa shape index (κ3) is 22.0. The first-order chi connectivity index (χ1) is 51.3. The fraction of sp³-hybridized carbons (Fsp3) is 0.306. The van der Waals surface area contributed by atoms with Crippen LogP contribution in [0.4, 0.5) is 34.1 Å². The summed E-state index contributed by atoms with van der Waals surface area (Å²) in [7, 11) is -1.38. The van der Waals surface area contributed by atoms with E-state index in [0.717, 1.165) is 93.8 Å². The molecule has 0 radical (unpaired) electrons. The lowest BCUT2D eigenvalue weighted by atomic mass is 9.49. The Hall–Kier alpha value is -5.31. The summed E-state index contributed by atoms with van der Waals surface area (Å²) >= 11 is 42.8. The van der Waals surface area contributed by atoms with Crippen LogP contribution in [0.2, 0.25) is 20.1 Å². The Bertz CT molecular complexity index is 5130. The normalized spacial score (nSPS) is 16.0. The summed E-state index contributed by atoms with van der Waals surface area (Å²) in [5, 5.41) is 9.85. The average Bonchev–Trinajstić information content (AvgIpc) is 1.60. The molecule has 110 heavy (non-hydrogen) atoms. The number of thiazole rings is 4. The molecule has 0 unspecified atom stereocenters. The van der Waals surface area contributed by atoms with Crippen LogP contribution in [0.1, 0.15) is 123 Å². The summed E-state index contributed by atoms with van der Waals surface area (Å²) in [5.74, 6) is -4.37. The number of carbonyl (C=O) groups excluding carboxylic acids is 2. The molecule has 6 aromatic heterocycles. The van der Waals surface area contributed by atoms with Crippen molar-refractivity contribution in [3.63, 3.8) is 0 Å². The van der Waals surface area contributed by atoms with Crippen LogP contribution >= 0.6 is 162 Å². The second kappa shape index (κ2) is 36.2. The van der Waals surface area contributed by atoms with Crippen molar-refractivity contribution in [2.24, 2.45) is 5.34 Å². The van der Waals surface area contributed by atoms with Gasteiger partial charge in [0.15, 0.2) is 10.5 Å². The molecule has 6 aromatic carbocycles. The number of para-hydroxylation sites is 2. The number of hydrogen-bond donors (Lipinski definition) is 3. The number of aromatic nitrogens is 4. The van der Waals surface area contributed by atoms with Gasteiger partial charge in [-0.3, -0.25) is 9.59 Å². The Balaban J connectivity index is 0.000000152. The smallest absolute Gasteiger partial charge is 0.405 e. The highest BCUT2D eigenvalue weighted by atomic mass is 79.9. The van der Waals surface area contributed by atoms with E-state index in [1.165, 1.54) is 57.5 Å². The molecule has 3 fully saturated rings. The minimum Gasteiger partial charge on any atom is -0.405 e. The molecule has 0 bridgehead atoms. The third-order valence-electron chi connectivity index (χ3n) is 17.6. The van der Waals surface area contributed by atoms with Crippen LogP contribution in [-0.4, -0.2) is 92.1 Å². The molecule has 9 heterocycles. The summed E-state index contributed by atoms with van der Waals surface area (Å²) < 4.78 is 96.7. The van der Waals surface area contributed by atoms with Gasteiger partial charge in [0.05, 0.1) is 120 Å². The number of nitrogens with one attached hydrogen (secondary N) is 2. The van der Waals surface area contributed by atoms with Crippen molar-refractivity contribution in [2.45, 2.75) is 143 Å². The quantitative estimate of drug-likeness (QED) is 0.0556. The number of nitrogen functional groups attached to an aromatic ring is 1. The molecular formula is C72H70B3Br3Cl4F4N8O10S6. The van der Waals surface area contributed by atoms with Gasteiger partial charge in [-0.05, 0) is 249 Å². The van der Waals surface area contributed by atoms with E-state index in [-0.39, 0.29) is 33.6 Å². The van der Waals surface area contributed by atoms with E-state index in [1.807, 2.05) is 131 Å². The predicted molar refractivity (Wildman–Crippen MR) is 457 cm³/mol. The van der Waals surface area contributed by atoms with Crippen LogP contribution in [0.5, 0.6) is 0 Å². The van der Waals surface area contributed by atoms with Gasteiger partial charge in [-0.25, -0.2) is 37.5 Å². The number of nitrogens with zero attached hydrogens (tertiary/aromatic N) is 5. The number of halogens is 11. The zero-order valence-electron chi connectivity index (χ0n) is 61.4. The number of hydrogen-bond acceptors (Lipinski definition) is 22. The molecule has 3 aliphatic heterocycles. The van der Waals surface area contributed by atoms with Crippen molar-refractivity contribution in [3.8, 4) is 10.4 Å². The highest BCUT2D eigenvalue weighted by molar-refractivity contribution is 9.11. The second-order valence-corrected chi connectivity index (χ2v) is 38.8. The first-order valence-corrected chi connectivity index (χ1v) is 42.0. The highest BCUT2D eigenvalue weighted by Crippen LogP contribution is 2.45. The van der Waals surface area contributed by atoms with Crippen molar-refractivity contribution >= 4 is 258 Å². The number of fused-ring (bicyclic) bond motifs is 4. The Morgan fingerprint density at radius 3 is 1.30 bits per heavy atom. The standard InChI is InChI=1S/C18H9ClF2N2OS2.C13H15BClNO2S.C12H24B2O4.C11H6BrF2NOS.C7H4BrClN2S.C7H3BrClNS.C4H9NO2/c19-10-7-13-16(25-8-22-13)6-9(10)14-4-5-15(26-14)18(24)23-17-11(20)2-1-3-12(17)21;1-12(2)13(3,4)18-14(17-12)8-5-11-10(6-9(8)15)16-7-19-11;1-9(2)10(3,4)16-13(15-9)14-17-11(5,6)12(7,8)18-14;12-9-5-4-8(17-9)11(16)15-10-6(13)2-1-3-7(10)14;8-3-1-6-5(2-4(3)9)11-7(10)12-6;8-4-1-7-6(2-5(4)9)10-3-11-7;1-4(2,3)7-5-6/h1-8H,(H,23,24);5-7H,1-4H3;1-8H3;1-5H,(H,15,16);1-2H,(H2,10,11);1-3H;1-3H3. The molecule has 2 amide bonds. The lowest BCUT2D eigenvalue weighted by Crippen LogP contribution is -2.41. The maximum Gasteiger partial charge on any atom is 0.496 e. The SMILES string of the molecule is CC(C)(C)ON=O.CC1(C)OB(B2OC(C)(C)C(C)(C)O2)OC1(C)C.CC1(C)OB(c2cc3scnc3cc2Cl)OC1(C)C.Clc1cc2ncsc2cc1Br.Nc1nc2cc(Cl)c(Br)cc2s1.O=C(Nc1c(F)cccc1F)c1ccc(-c2cc3scnc3cc2Cl)s1.O=C(Nc1c(F)cccc1F)c1ccc(Br)s1. The molecule has 580 valence electrons. The lowest BCUT2D eigenvalue weighted by molar-refractivity contribution is -0.00231. The van der Waals surface area contributed by atoms with E-state index in [2.05, 4.69) is 88.5 Å². The Morgan fingerprint density at radius 1 is 0.500 bits per heavy atom. The van der Waals surface area contributed by atoms with E-state index in [4.69, 9.17) is 80.1 Å². The van der Waals surface area contributed by atoms with Gasteiger partial charge in [-0.2, -0.15) is 0 Å². The number of benzene rings is 6.